The van der Waals surface area contributed by atoms with E-state index in [1.807, 2.05) is 35.5 Å². The zero-order chi connectivity index (χ0) is 18.1. The summed E-state index contributed by atoms with van der Waals surface area (Å²) >= 11 is 0. The fraction of sp³-hybridized carbons (Fsp3) is 0.421. The molecule has 2 aromatic heterocycles. The van der Waals surface area contributed by atoms with Gasteiger partial charge in [0, 0.05) is 38.1 Å². The van der Waals surface area contributed by atoms with Crippen LogP contribution in [-0.4, -0.2) is 54.7 Å². The van der Waals surface area contributed by atoms with Crippen molar-refractivity contribution >= 4 is 17.0 Å². The molecule has 0 bridgehead atoms. The van der Waals surface area contributed by atoms with Crippen molar-refractivity contribution in [3.8, 4) is 11.6 Å². The maximum Gasteiger partial charge on any atom is 0.317 e. The molecular weight excluding hydrogens is 330 g/mol. The fourth-order valence-electron chi connectivity index (χ4n) is 3.89. The highest BCUT2D eigenvalue weighted by atomic mass is 16.4. The normalized spacial score (nSPS) is 16.3. The number of carboxylic acids is 1. The van der Waals surface area contributed by atoms with Crippen LogP contribution in [0.4, 0.5) is 0 Å². The number of carbonyl (C=O) groups is 1. The summed E-state index contributed by atoms with van der Waals surface area (Å²) in [5, 5.41) is 8.97. The van der Waals surface area contributed by atoms with Gasteiger partial charge < -0.3 is 14.2 Å². The summed E-state index contributed by atoms with van der Waals surface area (Å²) in [7, 11) is 0. The second-order valence-corrected chi connectivity index (χ2v) is 6.73. The van der Waals surface area contributed by atoms with Gasteiger partial charge in [-0.3, -0.25) is 9.69 Å². The molecule has 3 heterocycles. The Hall–Kier alpha value is -2.67. The van der Waals surface area contributed by atoms with E-state index in [0.29, 0.717) is 6.04 Å². The summed E-state index contributed by atoms with van der Waals surface area (Å²) in [6.07, 6.45) is 5.69. The third kappa shape index (κ3) is 2.99. The Morgan fingerprint density at radius 3 is 2.73 bits per heavy atom. The van der Waals surface area contributed by atoms with Crippen LogP contribution in [0.25, 0.3) is 22.7 Å². The number of fused-ring (bicyclic) bond motifs is 1. The zero-order valence-corrected chi connectivity index (χ0v) is 14.9. The topological polar surface area (TPSA) is 76.2 Å². The van der Waals surface area contributed by atoms with Crippen molar-refractivity contribution in [1.82, 2.24) is 24.0 Å². The Kier molecular flexibility index (Phi) is 4.46. The van der Waals surface area contributed by atoms with E-state index in [0.717, 1.165) is 55.2 Å². The first-order valence-electron chi connectivity index (χ1n) is 9.10. The third-order valence-corrected chi connectivity index (χ3v) is 5.15. The lowest BCUT2D eigenvalue weighted by molar-refractivity contribution is -0.138. The Bertz CT molecular complexity index is 921. The molecule has 7 nitrogen and oxygen atoms in total. The summed E-state index contributed by atoms with van der Waals surface area (Å²) in [6, 6.07) is 8.48. The van der Waals surface area contributed by atoms with E-state index in [-0.39, 0.29) is 6.54 Å². The summed E-state index contributed by atoms with van der Waals surface area (Å²) in [5.74, 6) is 1.02. The van der Waals surface area contributed by atoms with E-state index in [1.165, 1.54) is 0 Å². The number of rotatable bonds is 5. The van der Waals surface area contributed by atoms with Gasteiger partial charge >= 0.3 is 5.97 Å². The molecule has 0 atom stereocenters. The molecule has 0 amide bonds. The molecule has 0 saturated carbocycles. The second kappa shape index (κ2) is 6.92. The van der Waals surface area contributed by atoms with E-state index in [4.69, 9.17) is 10.1 Å². The number of aromatic nitrogens is 4. The van der Waals surface area contributed by atoms with E-state index >= 15 is 0 Å². The Labute approximate surface area is 151 Å². The molecule has 3 aromatic rings. The van der Waals surface area contributed by atoms with Gasteiger partial charge in [0.15, 0.2) is 11.6 Å². The number of likely N-dealkylation sites (tertiary alicyclic amines) is 1. The standard InChI is InChI=1S/C19H23N5O2/c1-2-23-16-6-4-3-5-15(16)21-19(23)18-20-9-12-24(18)14-7-10-22(11-8-14)13-17(25)26/h3-6,9,12,14H,2,7-8,10-11,13H2,1H3,(H,25,26). The van der Waals surface area contributed by atoms with Crippen molar-refractivity contribution in [3.05, 3.63) is 36.7 Å². The highest BCUT2D eigenvalue weighted by molar-refractivity contribution is 5.79. The third-order valence-electron chi connectivity index (χ3n) is 5.15. The number of piperidine rings is 1. The average molecular weight is 353 g/mol. The quantitative estimate of drug-likeness (QED) is 0.763. The highest BCUT2D eigenvalue weighted by Crippen LogP contribution is 2.29. The zero-order valence-electron chi connectivity index (χ0n) is 14.9. The van der Waals surface area contributed by atoms with Gasteiger partial charge in [0.2, 0.25) is 0 Å². The van der Waals surface area contributed by atoms with Crippen LogP contribution < -0.4 is 0 Å². The Morgan fingerprint density at radius 2 is 2.00 bits per heavy atom. The van der Waals surface area contributed by atoms with Crippen molar-refractivity contribution in [2.45, 2.75) is 32.4 Å². The number of benzene rings is 1. The van der Waals surface area contributed by atoms with Crippen LogP contribution in [0.5, 0.6) is 0 Å². The van der Waals surface area contributed by atoms with Crippen molar-refractivity contribution in [2.24, 2.45) is 0 Å². The molecular formula is C19H23N5O2. The molecule has 0 unspecified atom stereocenters. The monoisotopic (exact) mass is 353 g/mol. The molecule has 1 N–H and O–H groups in total. The highest BCUT2D eigenvalue weighted by Gasteiger charge is 2.25. The molecule has 0 aliphatic carbocycles. The molecule has 26 heavy (non-hydrogen) atoms. The predicted molar refractivity (Wildman–Crippen MR) is 99.0 cm³/mol. The number of hydrogen-bond donors (Lipinski definition) is 1. The van der Waals surface area contributed by atoms with Crippen LogP contribution in [0.3, 0.4) is 0 Å². The molecule has 1 fully saturated rings. The van der Waals surface area contributed by atoms with E-state index in [2.05, 4.69) is 27.1 Å². The number of carboxylic acid groups (broad SMARTS) is 1. The second-order valence-electron chi connectivity index (χ2n) is 6.73. The molecule has 1 aliphatic rings. The number of imidazole rings is 2. The van der Waals surface area contributed by atoms with Gasteiger partial charge in [-0.15, -0.1) is 0 Å². The smallest absolute Gasteiger partial charge is 0.317 e. The van der Waals surface area contributed by atoms with Gasteiger partial charge in [0.05, 0.1) is 17.6 Å². The van der Waals surface area contributed by atoms with E-state index in [1.54, 1.807) is 0 Å². The van der Waals surface area contributed by atoms with Crippen LogP contribution in [0.1, 0.15) is 25.8 Å². The average Bonchev–Trinajstić information content (AvgIpc) is 3.25. The van der Waals surface area contributed by atoms with Gasteiger partial charge in [0.1, 0.15) is 0 Å². The largest absolute Gasteiger partial charge is 0.480 e. The maximum atomic E-state index is 10.9. The summed E-state index contributed by atoms with van der Waals surface area (Å²) < 4.78 is 4.42. The molecule has 7 heteroatoms. The van der Waals surface area contributed by atoms with E-state index in [9.17, 15) is 4.79 Å². The first kappa shape index (κ1) is 16.8. The SMILES string of the molecule is CCn1c(-c2nccn2C2CCN(CC(=O)O)CC2)nc2ccccc21. The maximum absolute atomic E-state index is 10.9. The fourth-order valence-corrected chi connectivity index (χ4v) is 3.89. The van der Waals surface area contributed by atoms with Gasteiger partial charge in [-0.25, -0.2) is 9.97 Å². The number of para-hydroxylation sites is 2. The molecule has 1 aliphatic heterocycles. The van der Waals surface area contributed by atoms with Crippen molar-refractivity contribution < 1.29 is 9.90 Å². The lowest BCUT2D eigenvalue weighted by Crippen LogP contribution is -2.38. The summed E-state index contributed by atoms with van der Waals surface area (Å²) in [5.41, 5.74) is 2.10. The molecule has 1 aromatic carbocycles. The van der Waals surface area contributed by atoms with Gasteiger partial charge in [-0.1, -0.05) is 12.1 Å². The van der Waals surface area contributed by atoms with Crippen molar-refractivity contribution in [1.29, 1.82) is 0 Å². The lowest BCUT2D eigenvalue weighted by atomic mass is 10.0. The lowest BCUT2D eigenvalue weighted by Gasteiger charge is -2.32. The van der Waals surface area contributed by atoms with Crippen LogP contribution >= 0.6 is 0 Å². The van der Waals surface area contributed by atoms with Crippen molar-refractivity contribution in [2.75, 3.05) is 19.6 Å². The summed E-state index contributed by atoms with van der Waals surface area (Å²) in [6.45, 7) is 4.65. The van der Waals surface area contributed by atoms with Gasteiger partial charge in [-0.05, 0) is 31.9 Å². The van der Waals surface area contributed by atoms with Gasteiger partial charge in [0.25, 0.3) is 0 Å². The number of hydrogen-bond acceptors (Lipinski definition) is 4. The van der Waals surface area contributed by atoms with Gasteiger partial charge in [-0.2, -0.15) is 0 Å². The van der Waals surface area contributed by atoms with Crippen molar-refractivity contribution in [3.63, 3.8) is 0 Å². The summed E-state index contributed by atoms with van der Waals surface area (Å²) in [4.78, 5) is 22.3. The number of nitrogens with zero attached hydrogens (tertiary/aromatic N) is 5. The van der Waals surface area contributed by atoms with Crippen LogP contribution in [0.15, 0.2) is 36.7 Å². The molecule has 136 valence electrons. The van der Waals surface area contributed by atoms with Crippen LogP contribution in [-0.2, 0) is 11.3 Å². The number of aliphatic carboxylic acids is 1. The molecule has 4 rings (SSSR count). The Balaban J connectivity index is 1.63. The molecule has 0 radical (unpaired) electrons. The number of aryl methyl sites for hydroxylation is 1. The first-order valence-corrected chi connectivity index (χ1v) is 9.10. The van der Waals surface area contributed by atoms with Crippen LogP contribution in [0.2, 0.25) is 0 Å². The molecule has 1 saturated heterocycles. The van der Waals surface area contributed by atoms with Crippen LogP contribution in [0, 0.1) is 0 Å². The minimum Gasteiger partial charge on any atom is -0.480 e. The minimum atomic E-state index is -0.761. The van der Waals surface area contributed by atoms with E-state index < -0.39 is 5.97 Å². The predicted octanol–water partition coefficient (Wildman–Crippen LogP) is 2.64. The minimum absolute atomic E-state index is 0.120. The Morgan fingerprint density at radius 1 is 1.23 bits per heavy atom. The first-order chi connectivity index (χ1) is 12.7. The molecule has 0 spiro atoms.